The fourth-order valence-electron chi connectivity index (χ4n) is 1.52. The monoisotopic (exact) mass is 189 g/mol. The molecule has 0 bridgehead atoms. The van der Waals surface area contributed by atoms with Gasteiger partial charge in [-0.3, -0.25) is 0 Å². The van der Waals surface area contributed by atoms with Crippen molar-refractivity contribution in [3.05, 3.63) is 36.0 Å². The summed E-state index contributed by atoms with van der Waals surface area (Å²) in [5, 5.41) is 0. The third-order valence-electron chi connectivity index (χ3n) is 2.44. The Morgan fingerprint density at radius 2 is 2.07 bits per heavy atom. The summed E-state index contributed by atoms with van der Waals surface area (Å²) in [6, 6.07) is 4.14. The highest BCUT2D eigenvalue weighted by atomic mass is 15.2. The van der Waals surface area contributed by atoms with Gasteiger partial charge in [-0.15, -0.1) is 0 Å². The van der Waals surface area contributed by atoms with Crippen LogP contribution in [0.4, 0.5) is 5.82 Å². The van der Waals surface area contributed by atoms with E-state index in [9.17, 15) is 0 Å². The van der Waals surface area contributed by atoms with Crippen LogP contribution in [0.1, 0.15) is 18.5 Å². The number of hydrogen-bond acceptors (Lipinski definition) is 3. The molecule has 0 radical (unpaired) electrons. The van der Waals surface area contributed by atoms with E-state index in [0.717, 1.165) is 24.5 Å². The number of pyridine rings is 1. The lowest BCUT2D eigenvalue weighted by atomic mass is 10.1. The van der Waals surface area contributed by atoms with Crippen molar-refractivity contribution >= 4 is 5.82 Å². The van der Waals surface area contributed by atoms with Gasteiger partial charge in [-0.1, -0.05) is 18.2 Å². The van der Waals surface area contributed by atoms with Gasteiger partial charge in [0.2, 0.25) is 0 Å². The minimum absolute atomic E-state index is 0.0632. The lowest BCUT2D eigenvalue weighted by Gasteiger charge is -2.16. The van der Waals surface area contributed by atoms with Crippen molar-refractivity contribution in [2.75, 3.05) is 18.0 Å². The second-order valence-electron chi connectivity index (χ2n) is 3.61. The Kier molecular flexibility index (Phi) is 2.50. The van der Waals surface area contributed by atoms with E-state index < -0.39 is 0 Å². The maximum absolute atomic E-state index is 5.75. The molecule has 1 aliphatic heterocycles. The van der Waals surface area contributed by atoms with E-state index in [0.29, 0.717) is 0 Å². The highest BCUT2D eigenvalue weighted by molar-refractivity contribution is 5.43. The Morgan fingerprint density at radius 1 is 1.36 bits per heavy atom. The predicted molar refractivity (Wildman–Crippen MR) is 58.2 cm³/mol. The molecule has 0 spiro atoms. The average molecular weight is 189 g/mol. The highest BCUT2D eigenvalue weighted by Gasteiger charge is 2.08. The third-order valence-corrected chi connectivity index (χ3v) is 2.44. The zero-order chi connectivity index (χ0) is 9.97. The number of nitrogens with zero attached hydrogens (tertiary/aromatic N) is 2. The summed E-state index contributed by atoms with van der Waals surface area (Å²) < 4.78 is 0. The van der Waals surface area contributed by atoms with Gasteiger partial charge in [0, 0.05) is 25.3 Å². The fraction of sp³-hybridized carbons (Fsp3) is 0.364. The number of hydrogen-bond donors (Lipinski definition) is 1. The molecule has 1 aromatic rings. The first-order valence-electron chi connectivity index (χ1n) is 4.89. The number of aromatic nitrogens is 1. The first kappa shape index (κ1) is 9.21. The Morgan fingerprint density at radius 3 is 2.57 bits per heavy atom. The molecule has 0 saturated carbocycles. The molecule has 3 nitrogen and oxygen atoms in total. The Balaban J connectivity index is 2.13. The summed E-state index contributed by atoms with van der Waals surface area (Å²) in [4.78, 5) is 6.60. The van der Waals surface area contributed by atoms with Gasteiger partial charge < -0.3 is 10.6 Å². The number of anilines is 1. The lowest BCUT2D eigenvalue weighted by Crippen LogP contribution is -2.19. The van der Waals surface area contributed by atoms with E-state index in [1.165, 1.54) is 0 Å². The Hall–Kier alpha value is -1.35. The van der Waals surface area contributed by atoms with E-state index in [4.69, 9.17) is 5.73 Å². The van der Waals surface area contributed by atoms with Gasteiger partial charge in [0.1, 0.15) is 5.82 Å². The maximum Gasteiger partial charge on any atom is 0.129 e. The van der Waals surface area contributed by atoms with Gasteiger partial charge in [0.15, 0.2) is 0 Å². The van der Waals surface area contributed by atoms with Crippen molar-refractivity contribution in [2.45, 2.75) is 13.0 Å². The van der Waals surface area contributed by atoms with Crippen LogP contribution in [0.2, 0.25) is 0 Å². The number of nitrogens with two attached hydrogens (primary N) is 1. The van der Waals surface area contributed by atoms with Crippen molar-refractivity contribution < 1.29 is 0 Å². The van der Waals surface area contributed by atoms with Gasteiger partial charge in [-0.25, -0.2) is 4.98 Å². The van der Waals surface area contributed by atoms with Crippen molar-refractivity contribution in [1.82, 2.24) is 4.98 Å². The topological polar surface area (TPSA) is 42.1 Å². The molecule has 2 heterocycles. The van der Waals surface area contributed by atoms with Crippen molar-refractivity contribution in [3.8, 4) is 0 Å². The van der Waals surface area contributed by atoms with Crippen LogP contribution in [0.25, 0.3) is 0 Å². The van der Waals surface area contributed by atoms with Gasteiger partial charge >= 0.3 is 0 Å². The molecule has 0 aliphatic carbocycles. The minimum Gasteiger partial charge on any atom is -0.349 e. The van der Waals surface area contributed by atoms with Crippen LogP contribution in [0, 0.1) is 0 Å². The molecular weight excluding hydrogens is 174 g/mol. The van der Waals surface area contributed by atoms with Gasteiger partial charge in [-0.2, -0.15) is 0 Å². The van der Waals surface area contributed by atoms with Crippen molar-refractivity contribution in [3.63, 3.8) is 0 Å². The molecule has 1 aromatic heterocycles. The molecular formula is C11H15N3. The molecule has 0 amide bonds. The molecule has 0 saturated heterocycles. The van der Waals surface area contributed by atoms with Gasteiger partial charge in [0.05, 0.1) is 0 Å². The van der Waals surface area contributed by atoms with Crippen LogP contribution in [0.15, 0.2) is 30.5 Å². The molecule has 0 aromatic carbocycles. The summed E-state index contributed by atoms with van der Waals surface area (Å²) in [6.45, 7) is 3.89. The van der Waals surface area contributed by atoms with Crippen molar-refractivity contribution in [1.29, 1.82) is 0 Å². The van der Waals surface area contributed by atoms with E-state index in [-0.39, 0.29) is 6.04 Å². The first-order chi connectivity index (χ1) is 6.77. The van der Waals surface area contributed by atoms with Gasteiger partial charge in [0.25, 0.3) is 0 Å². The van der Waals surface area contributed by atoms with E-state index in [1.807, 2.05) is 25.3 Å². The standard InChI is InChI=1S/C11H15N3/c1-9(12)10-4-5-11(13-8-10)14-6-2-3-7-14/h2-5,8-9H,6-7,12H2,1H3/t9-/m0/s1. The van der Waals surface area contributed by atoms with Crippen LogP contribution in [-0.2, 0) is 0 Å². The molecule has 3 heteroatoms. The molecule has 2 N–H and O–H groups in total. The lowest BCUT2D eigenvalue weighted by molar-refractivity contribution is 0.809. The quantitative estimate of drug-likeness (QED) is 0.716. The van der Waals surface area contributed by atoms with Crippen LogP contribution in [0.5, 0.6) is 0 Å². The second kappa shape index (κ2) is 3.80. The summed E-state index contributed by atoms with van der Waals surface area (Å²) >= 11 is 0. The summed E-state index contributed by atoms with van der Waals surface area (Å²) in [7, 11) is 0. The smallest absolute Gasteiger partial charge is 0.129 e. The molecule has 1 aliphatic rings. The zero-order valence-corrected chi connectivity index (χ0v) is 8.35. The molecule has 1 atom stereocenters. The molecule has 0 unspecified atom stereocenters. The Labute approximate surface area is 84.2 Å². The maximum atomic E-state index is 5.75. The second-order valence-corrected chi connectivity index (χ2v) is 3.61. The summed E-state index contributed by atoms with van der Waals surface area (Å²) in [5.41, 5.74) is 6.84. The van der Waals surface area contributed by atoms with Crippen molar-refractivity contribution in [2.24, 2.45) is 5.73 Å². The van der Waals surface area contributed by atoms with Crippen LogP contribution < -0.4 is 10.6 Å². The zero-order valence-electron chi connectivity index (χ0n) is 8.35. The van der Waals surface area contributed by atoms with Crippen LogP contribution in [0.3, 0.4) is 0 Å². The highest BCUT2D eigenvalue weighted by Crippen LogP contribution is 2.16. The van der Waals surface area contributed by atoms with Gasteiger partial charge in [-0.05, 0) is 18.6 Å². The SMILES string of the molecule is C[C@H](N)c1ccc(N2CC=CC2)nc1. The van der Waals surface area contributed by atoms with E-state index in [2.05, 4.69) is 22.0 Å². The molecule has 74 valence electrons. The normalized spacial score (nSPS) is 17.4. The third kappa shape index (κ3) is 1.77. The summed E-state index contributed by atoms with van der Waals surface area (Å²) in [5.74, 6) is 1.03. The fourth-order valence-corrected chi connectivity index (χ4v) is 1.52. The van der Waals surface area contributed by atoms with E-state index >= 15 is 0 Å². The molecule has 2 rings (SSSR count). The molecule has 14 heavy (non-hydrogen) atoms. The van der Waals surface area contributed by atoms with Crippen LogP contribution >= 0.6 is 0 Å². The van der Waals surface area contributed by atoms with Crippen LogP contribution in [-0.4, -0.2) is 18.1 Å². The molecule has 0 fully saturated rings. The largest absolute Gasteiger partial charge is 0.349 e. The minimum atomic E-state index is 0.0632. The number of rotatable bonds is 2. The first-order valence-corrected chi connectivity index (χ1v) is 4.89. The summed E-state index contributed by atoms with van der Waals surface area (Å²) in [6.07, 6.45) is 6.17. The van der Waals surface area contributed by atoms with E-state index in [1.54, 1.807) is 0 Å². The predicted octanol–water partition coefficient (Wildman–Crippen LogP) is 1.48. The Bertz CT molecular complexity index is 319. The average Bonchev–Trinajstić information content (AvgIpc) is 2.71.